The summed E-state index contributed by atoms with van der Waals surface area (Å²) in [5, 5.41) is 6.12. The van der Waals surface area contributed by atoms with Gasteiger partial charge in [0.2, 0.25) is 0 Å². The van der Waals surface area contributed by atoms with E-state index >= 15 is 0 Å². The molecule has 1 aliphatic rings. The quantitative estimate of drug-likeness (QED) is 0.674. The van der Waals surface area contributed by atoms with E-state index in [0.717, 1.165) is 25.1 Å². The summed E-state index contributed by atoms with van der Waals surface area (Å²) < 4.78 is 0. The van der Waals surface area contributed by atoms with Gasteiger partial charge in [0.25, 0.3) is 5.91 Å². The second-order valence-electron chi connectivity index (χ2n) is 4.08. The highest BCUT2D eigenvalue weighted by atomic mass is 16.1. The third kappa shape index (κ3) is 2.45. The minimum atomic E-state index is -0.0363. The molecular weight excluding hydrogens is 202 g/mol. The number of rotatable bonds is 4. The number of nitrogen functional groups attached to an aromatic ring is 1. The number of benzene rings is 1. The fourth-order valence-electron chi connectivity index (χ4n) is 1.59. The SMILES string of the molecule is CCNc1ccc(N)cc1C(=O)NC1CC1. The standard InChI is InChI=1S/C12H17N3O/c1-2-14-11-6-3-8(13)7-10(11)12(16)15-9-4-5-9/h3,6-7,9,14H,2,4-5,13H2,1H3,(H,15,16). The van der Waals surface area contributed by atoms with E-state index in [1.54, 1.807) is 12.1 Å². The number of nitrogens with two attached hydrogens (primary N) is 1. The molecule has 2 rings (SSSR count). The largest absolute Gasteiger partial charge is 0.399 e. The Bertz CT molecular complexity index is 399. The minimum absolute atomic E-state index is 0.0363. The molecule has 1 saturated carbocycles. The van der Waals surface area contributed by atoms with Crippen LogP contribution in [0.15, 0.2) is 18.2 Å². The molecule has 0 atom stereocenters. The van der Waals surface area contributed by atoms with Crippen LogP contribution >= 0.6 is 0 Å². The Labute approximate surface area is 95.2 Å². The molecular formula is C12H17N3O. The number of carbonyl (C=O) groups is 1. The van der Waals surface area contributed by atoms with Crippen LogP contribution < -0.4 is 16.4 Å². The Kier molecular flexibility index (Phi) is 2.99. The number of amides is 1. The zero-order valence-corrected chi connectivity index (χ0v) is 9.42. The summed E-state index contributed by atoms with van der Waals surface area (Å²) in [6, 6.07) is 5.73. The maximum absolute atomic E-state index is 11.9. The average molecular weight is 219 g/mol. The van der Waals surface area contributed by atoms with Crippen LogP contribution in [-0.2, 0) is 0 Å². The van der Waals surface area contributed by atoms with E-state index in [1.165, 1.54) is 0 Å². The number of hydrogen-bond acceptors (Lipinski definition) is 3. The first-order valence-electron chi connectivity index (χ1n) is 5.65. The van der Waals surface area contributed by atoms with E-state index in [1.807, 2.05) is 13.0 Å². The van der Waals surface area contributed by atoms with Gasteiger partial charge in [-0.25, -0.2) is 0 Å². The topological polar surface area (TPSA) is 67.1 Å². The van der Waals surface area contributed by atoms with Crippen molar-refractivity contribution in [3.63, 3.8) is 0 Å². The molecule has 4 nitrogen and oxygen atoms in total. The molecule has 0 unspecified atom stereocenters. The zero-order valence-electron chi connectivity index (χ0n) is 9.42. The fraction of sp³-hybridized carbons (Fsp3) is 0.417. The monoisotopic (exact) mass is 219 g/mol. The van der Waals surface area contributed by atoms with Crippen molar-refractivity contribution in [3.05, 3.63) is 23.8 Å². The van der Waals surface area contributed by atoms with Crippen LogP contribution in [0, 0.1) is 0 Å². The van der Waals surface area contributed by atoms with Crippen molar-refractivity contribution in [2.45, 2.75) is 25.8 Å². The highest BCUT2D eigenvalue weighted by molar-refractivity contribution is 6.00. The Balaban J connectivity index is 2.20. The van der Waals surface area contributed by atoms with Crippen molar-refractivity contribution in [1.82, 2.24) is 5.32 Å². The lowest BCUT2D eigenvalue weighted by molar-refractivity contribution is 0.0952. The summed E-state index contributed by atoms with van der Waals surface area (Å²) in [5.41, 5.74) is 7.79. The van der Waals surface area contributed by atoms with E-state index in [0.29, 0.717) is 17.3 Å². The summed E-state index contributed by atoms with van der Waals surface area (Å²) >= 11 is 0. The van der Waals surface area contributed by atoms with Crippen LogP contribution in [0.2, 0.25) is 0 Å². The first kappa shape index (κ1) is 10.8. The van der Waals surface area contributed by atoms with Crippen molar-refractivity contribution >= 4 is 17.3 Å². The molecule has 4 heteroatoms. The predicted octanol–water partition coefficient (Wildman–Crippen LogP) is 1.59. The van der Waals surface area contributed by atoms with Crippen molar-refractivity contribution < 1.29 is 4.79 Å². The third-order valence-corrected chi connectivity index (χ3v) is 2.57. The first-order chi connectivity index (χ1) is 7.70. The number of hydrogen-bond donors (Lipinski definition) is 3. The van der Waals surface area contributed by atoms with Gasteiger partial charge >= 0.3 is 0 Å². The van der Waals surface area contributed by atoms with E-state index < -0.39 is 0 Å². The molecule has 0 spiro atoms. The first-order valence-corrected chi connectivity index (χ1v) is 5.65. The van der Waals surface area contributed by atoms with Crippen molar-refractivity contribution in [1.29, 1.82) is 0 Å². The molecule has 86 valence electrons. The van der Waals surface area contributed by atoms with Crippen LogP contribution in [-0.4, -0.2) is 18.5 Å². The van der Waals surface area contributed by atoms with Crippen molar-refractivity contribution in [3.8, 4) is 0 Å². The minimum Gasteiger partial charge on any atom is -0.399 e. The Morgan fingerprint density at radius 1 is 1.50 bits per heavy atom. The molecule has 1 aromatic carbocycles. The van der Waals surface area contributed by atoms with Crippen LogP contribution in [0.1, 0.15) is 30.1 Å². The molecule has 0 aromatic heterocycles. The van der Waals surface area contributed by atoms with E-state index in [2.05, 4.69) is 10.6 Å². The summed E-state index contributed by atoms with van der Waals surface area (Å²) in [6.45, 7) is 2.78. The summed E-state index contributed by atoms with van der Waals surface area (Å²) in [7, 11) is 0. The molecule has 16 heavy (non-hydrogen) atoms. The molecule has 0 aliphatic heterocycles. The van der Waals surface area contributed by atoms with Gasteiger partial charge in [0, 0.05) is 24.0 Å². The highest BCUT2D eigenvalue weighted by Crippen LogP contribution is 2.23. The number of nitrogens with one attached hydrogen (secondary N) is 2. The van der Waals surface area contributed by atoms with Gasteiger partial charge in [0.1, 0.15) is 0 Å². The third-order valence-electron chi connectivity index (χ3n) is 2.57. The van der Waals surface area contributed by atoms with E-state index in [4.69, 9.17) is 5.73 Å². The lowest BCUT2D eigenvalue weighted by atomic mass is 10.1. The molecule has 4 N–H and O–H groups in total. The maximum atomic E-state index is 11.9. The maximum Gasteiger partial charge on any atom is 0.253 e. The molecule has 0 radical (unpaired) electrons. The molecule has 0 heterocycles. The van der Waals surface area contributed by atoms with Gasteiger partial charge in [-0.1, -0.05) is 0 Å². The Morgan fingerprint density at radius 3 is 2.88 bits per heavy atom. The normalized spacial score (nSPS) is 14.6. The lowest BCUT2D eigenvalue weighted by Crippen LogP contribution is -2.26. The molecule has 1 aromatic rings. The van der Waals surface area contributed by atoms with Gasteiger partial charge in [-0.15, -0.1) is 0 Å². The van der Waals surface area contributed by atoms with Crippen molar-refractivity contribution in [2.24, 2.45) is 0 Å². The molecule has 0 saturated heterocycles. The Morgan fingerprint density at radius 2 is 2.25 bits per heavy atom. The van der Waals surface area contributed by atoms with Crippen LogP contribution in [0.3, 0.4) is 0 Å². The van der Waals surface area contributed by atoms with E-state index in [-0.39, 0.29) is 5.91 Å². The van der Waals surface area contributed by atoms with Gasteiger partial charge in [0.05, 0.1) is 5.56 Å². The summed E-state index contributed by atoms with van der Waals surface area (Å²) in [5.74, 6) is -0.0363. The predicted molar refractivity (Wildman–Crippen MR) is 65.5 cm³/mol. The lowest BCUT2D eigenvalue weighted by Gasteiger charge is -2.11. The number of anilines is 2. The molecule has 0 bridgehead atoms. The van der Waals surface area contributed by atoms with Gasteiger partial charge in [0.15, 0.2) is 0 Å². The van der Waals surface area contributed by atoms with Gasteiger partial charge in [-0.2, -0.15) is 0 Å². The summed E-state index contributed by atoms with van der Waals surface area (Å²) in [4.78, 5) is 11.9. The average Bonchev–Trinajstić information content (AvgIpc) is 3.05. The molecule has 1 fully saturated rings. The zero-order chi connectivity index (χ0) is 11.5. The van der Waals surface area contributed by atoms with Crippen LogP contribution in [0.5, 0.6) is 0 Å². The van der Waals surface area contributed by atoms with Gasteiger partial charge in [-0.3, -0.25) is 4.79 Å². The highest BCUT2D eigenvalue weighted by Gasteiger charge is 2.24. The van der Waals surface area contributed by atoms with Crippen molar-refractivity contribution in [2.75, 3.05) is 17.6 Å². The van der Waals surface area contributed by atoms with Gasteiger partial charge in [-0.05, 0) is 38.0 Å². The summed E-state index contributed by atoms with van der Waals surface area (Å²) in [6.07, 6.45) is 2.18. The second-order valence-corrected chi connectivity index (χ2v) is 4.08. The molecule has 1 aliphatic carbocycles. The smallest absolute Gasteiger partial charge is 0.253 e. The Hall–Kier alpha value is -1.71. The van der Waals surface area contributed by atoms with E-state index in [9.17, 15) is 4.79 Å². The number of carbonyl (C=O) groups excluding carboxylic acids is 1. The van der Waals surface area contributed by atoms with Crippen LogP contribution in [0.4, 0.5) is 11.4 Å². The van der Waals surface area contributed by atoms with Gasteiger partial charge < -0.3 is 16.4 Å². The molecule has 1 amide bonds. The second kappa shape index (κ2) is 4.43. The fourth-order valence-corrected chi connectivity index (χ4v) is 1.59. The van der Waals surface area contributed by atoms with Crippen LogP contribution in [0.25, 0.3) is 0 Å².